The Bertz CT molecular complexity index is 1070. The van der Waals surface area contributed by atoms with Gasteiger partial charge in [-0.1, -0.05) is 7.43 Å². The molecule has 1 aromatic carbocycles. The third-order valence-electron chi connectivity index (χ3n) is 4.02. The average Bonchev–Trinajstić information content (AvgIpc) is 3.14. The zero-order chi connectivity index (χ0) is 17.0. The number of aromatic nitrogens is 4. The topological polar surface area (TPSA) is 54.5 Å². The summed E-state index contributed by atoms with van der Waals surface area (Å²) < 4.78 is 0. The molecule has 1 N–H and O–H groups in total. The Morgan fingerprint density at radius 2 is 1.40 bits per heavy atom. The average molecular weight is 371 g/mol. The number of benzene rings is 1. The summed E-state index contributed by atoms with van der Waals surface area (Å²) in [6.07, 6.45) is 0. The molecule has 0 amide bonds. The van der Waals surface area contributed by atoms with E-state index >= 15 is 0 Å². The third-order valence-corrected chi connectivity index (χ3v) is 6.25. The second kappa shape index (κ2) is 6.35. The molecule has 0 radical (unpaired) electrons. The third kappa shape index (κ3) is 3.00. The largest absolute Gasteiger partial charge is 0.342 e. The van der Waals surface area contributed by atoms with Gasteiger partial charge in [0.05, 0.1) is 42.2 Å². The molecule has 0 saturated heterocycles. The van der Waals surface area contributed by atoms with Gasteiger partial charge in [-0.2, -0.15) is 0 Å². The van der Waals surface area contributed by atoms with Crippen molar-refractivity contribution < 1.29 is 0 Å². The van der Waals surface area contributed by atoms with Crippen LogP contribution in [0, 0.1) is 34.6 Å². The van der Waals surface area contributed by atoms with Gasteiger partial charge in [-0.3, -0.25) is 0 Å². The van der Waals surface area contributed by atoms with Gasteiger partial charge in [-0.25, -0.2) is 15.0 Å². The molecule has 25 heavy (non-hydrogen) atoms. The molecular formula is C19H22N4S2. The van der Waals surface area contributed by atoms with Crippen LogP contribution >= 0.6 is 22.7 Å². The van der Waals surface area contributed by atoms with Crippen molar-refractivity contribution in [3.05, 3.63) is 39.4 Å². The van der Waals surface area contributed by atoms with E-state index in [0.29, 0.717) is 0 Å². The zero-order valence-electron chi connectivity index (χ0n) is 14.3. The molecule has 4 aromatic rings. The van der Waals surface area contributed by atoms with E-state index in [1.165, 1.54) is 15.3 Å². The smallest absolute Gasteiger partial charge is 0.104 e. The summed E-state index contributed by atoms with van der Waals surface area (Å²) in [6, 6.07) is 4.42. The number of hydrogen-bond donors (Lipinski definition) is 1. The standard InChI is InChI=1S/C18H18N4S2.CH4/c1-8-17(23-11(4)19-8)13-6-14(18-9(2)20-12(5)24-18)16-15(7-13)21-10(3)22-16;/h6-7H,1-5H3,(H,21,22);1H4. The molecule has 0 bridgehead atoms. The number of H-pyrrole nitrogens is 1. The Morgan fingerprint density at radius 1 is 0.800 bits per heavy atom. The van der Waals surface area contributed by atoms with Crippen LogP contribution in [0.15, 0.2) is 12.1 Å². The molecule has 130 valence electrons. The molecule has 0 unspecified atom stereocenters. The predicted molar refractivity (Wildman–Crippen MR) is 109 cm³/mol. The minimum absolute atomic E-state index is 0. The van der Waals surface area contributed by atoms with Gasteiger partial charge in [-0.05, 0) is 52.3 Å². The van der Waals surface area contributed by atoms with Gasteiger partial charge in [0, 0.05) is 5.56 Å². The SMILES string of the molecule is C.Cc1nc2c(-c3sc(C)nc3C)cc(-c3sc(C)nc3C)cc2[nH]1. The number of aromatic amines is 1. The van der Waals surface area contributed by atoms with Crippen LogP contribution in [0.3, 0.4) is 0 Å². The number of thiazole rings is 2. The van der Waals surface area contributed by atoms with Crippen LogP contribution in [0.2, 0.25) is 0 Å². The minimum Gasteiger partial charge on any atom is -0.342 e. The molecular weight excluding hydrogens is 348 g/mol. The van der Waals surface area contributed by atoms with Crippen LogP contribution in [0.5, 0.6) is 0 Å². The lowest BCUT2D eigenvalue weighted by atomic mass is 10.0. The first kappa shape index (κ1) is 17.8. The molecule has 0 aliphatic rings. The first-order valence-electron chi connectivity index (χ1n) is 7.81. The second-order valence-electron chi connectivity index (χ2n) is 6.04. The Kier molecular flexibility index (Phi) is 4.51. The number of fused-ring (bicyclic) bond motifs is 1. The molecule has 0 spiro atoms. The Morgan fingerprint density at radius 3 is 1.96 bits per heavy atom. The van der Waals surface area contributed by atoms with E-state index in [1.807, 2.05) is 6.92 Å². The summed E-state index contributed by atoms with van der Waals surface area (Å²) in [5.41, 5.74) is 6.57. The molecule has 0 fully saturated rings. The van der Waals surface area contributed by atoms with Crippen LogP contribution < -0.4 is 0 Å². The lowest BCUT2D eigenvalue weighted by molar-refractivity contribution is 1.17. The number of nitrogens with zero attached hydrogens (tertiary/aromatic N) is 3. The fraction of sp³-hybridized carbons (Fsp3) is 0.316. The number of imidazole rings is 1. The van der Waals surface area contributed by atoms with Crippen molar-refractivity contribution in [2.75, 3.05) is 0 Å². The highest BCUT2D eigenvalue weighted by molar-refractivity contribution is 7.15. The first-order valence-corrected chi connectivity index (χ1v) is 9.45. The van der Waals surface area contributed by atoms with E-state index < -0.39 is 0 Å². The lowest BCUT2D eigenvalue weighted by Crippen LogP contribution is -1.85. The van der Waals surface area contributed by atoms with Crippen LogP contribution in [-0.4, -0.2) is 19.9 Å². The van der Waals surface area contributed by atoms with E-state index in [-0.39, 0.29) is 7.43 Å². The second-order valence-corrected chi connectivity index (χ2v) is 8.44. The Labute approximate surface area is 156 Å². The van der Waals surface area contributed by atoms with Crippen molar-refractivity contribution >= 4 is 33.7 Å². The van der Waals surface area contributed by atoms with Crippen molar-refractivity contribution in [1.29, 1.82) is 0 Å². The van der Waals surface area contributed by atoms with Gasteiger partial charge in [0.1, 0.15) is 5.82 Å². The summed E-state index contributed by atoms with van der Waals surface area (Å²) in [4.78, 5) is 19.7. The highest BCUT2D eigenvalue weighted by atomic mass is 32.1. The van der Waals surface area contributed by atoms with Crippen molar-refractivity contribution in [2.45, 2.75) is 42.0 Å². The van der Waals surface area contributed by atoms with E-state index in [4.69, 9.17) is 4.98 Å². The molecule has 0 atom stereocenters. The van der Waals surface area contributed by atoms with E-state index in [9.17, 15) is 0 Å². The summed E-state index contributed by atoms with van der Waals surface area (Å²) >= 11 is 3.47. The molecule has 0 aliphatic carbocycles. The van der Waals surface area contributed by atoms with E-state index in [1.54, 1.807) is 22.7 Å². The summed E-state index contributed by atoms with van der Waals surface area (Å²) in [5, 5.41) is 2.17. The van der Waals surface area contributed by atoms with Crippen molar-refractivity contribution in [3.8, 4) is 20.9 Å². The lowest BCUT2D eigenvalue weighted by Gasteiger charge is -2.06. The quantitative estimate of drug-likeness (QED) is 0.471. The van der Waals surface area contributed by atoms with Crippen LogP contribution in [0.1, 0.15) is 34.7 Å². The highest BCUT2D eigenvalue weighted by Gasteiger charge is 2.17. The molecule has 3 aromatic heterocycles. The number of rotatable bonds is 2. The fourth-order valence-electron chi connectivity index (χ4n) is 3.13. The van der Waals surface area contributed by atoms with Crippen molar-refractivity contribution in [1.82, 2.24) is 19.9 Å². The monoisotopic (exact) mass is 370 g/mol. The Hall–Kier alpha value is -2.05. The molecule has 0 aliphatic heterocycles. The van der Waals surface area contributed by atoms with Gasteiger partial charge in [0.15, 0.2) is 0 Å². The summed E-state index contributed by atoms with van der Waals surface area (Å²) in [6.45, 7) is 10.2. The van der Waals surface area contributed by atoms with Crippen LogP contribution in [0.25, 0.3) is 31.9 Å². The molecule has 3 heterocycles. The van der Waals surface area contributed by atoms with Gasteiger partial charge in [0.2, 0.25) is 0 Å². The van der Waals surface area contributed by atoms with E-state index in [0.717, 1.165) is 43.8 Å². The van der Waals surface area contributed by atoms with Crippen molar-refractivity contribution in [3.63, 3.8) is 0 Å². The van der Waals surface area contributed by atoms with Crippen molar-refractivity contribution in [2.24, 2.45) is 0 Å². The number of aryl methyl sites for hydroxylation is 5. The molecule has 4 rings (SSSR count). The Balaban J connectivity index is 0.00000182. The first-order chi connectivity index (χ1) is 11.4. The maximum absolute atomic E-state index is 4.71. The predicted octanol–water partition coefficient (Wildman–Crippen LogP) is 5.99. The maximum atomic E-state index is 4.71. The van der Waals surface area contributed by atoms with E-state index in [2.05, 4.69) is 54.8 Å². The molecule has 0 saturated carbocycles. The van der Waals surface area contributed by atoms with Crippen LogP contribution in [-0.2, 0) is 0 Å². The van der Waals surface area contributed by atoms with Gasteiger partial charge >= 0.3 is 0 Å². The fourth-order valence-corrected chi connectivity index (χ4v) is 4.97. The molecule has 4 nitrogen and oxygen atoms in total. The minimum atomic E-state index is 0. The highest BCUT2D eigenvalue weighted by Crippen LogP contribution is 2.39. The normalized spacial score (nSPS) is 11.1. The number of hydrogen-bond acceptors (Lipinski definition) is 5. The zero-order valence-corrected chi connectivity index (χ0v) is 15.9. The molecule has 6 heteroatoms. The van der Waals surface area contributed by atoms with Gasteiger partial charge in [-0.15, -0.1) is 22.7 Å². The summed E-state index contributed by atoms with van der Waals surface area (Å²) in [5.74, 6) is 0.930. The van der Waals surface area contributed by atoms with Crippen LogP contribution in [0.4, 0.5) is 0 Å². The van der Waals surface area contributed by atoms with Gasteiger partial charge < -0.3 is 4.98 Å². The number of nitrogens with one attached hydrogen (secondary N) is 1. The maximum Gasteiger partial charge on any atom is 0.104 e. The summed E-state index contributed by atoms with van der Waals surface area (Å²) in [7, 11) is 0. The van der Waals surface area contributed by atoms with Gasteiger partial charge in [0.25, 0.3) is 0 Å².